The topological polar surface area (TPSA) is 84.9 Å². The minimum atomic E-state index is -3.59. The van der Waals surface area contributed by atoms with Gasteiger partial charge in [0.2, 0.25) is 15.9 Å². The number of hydrogen-bond acceptors (Lipinski definition) is 5. The third kappa shape index (κ3) is 5.26. The van der Waals surface area contributed by atoms with E-state index in [4.69, 9.17) is 9.47 Å². The molecule has 7 nitrogen and oxygen atoms in total. The first kappa shape index (κ1) is 19.4. The van der Waals surface area contributed by atoms with E-state index in [0.717, 1.165) is 23.6 Å². The molecule has 1 aromatic rings. The molecule has 0 fully saturated rings. The second kappa shape index (κ2) is 8.94. The molecule has 1 aromatic carbocycles. The highest BCUT2D eigenvalue weighted by atomic mass is 32.2. The van der Waals surface area contributed by atoms with Gasteiger partial charge in [-0.1, -0.05) is 19.8 Å². The largest absolute Gasteiger partial charge is 0.486 e. The molecule has 1 aliphatic rings. The molecule has 0 spiro atoms. The number of hydrogen-bond donors (Lipinski definition) is 1. The highest BCUT2D eigenvalue weighted by Crippen LogP contribution is 2.34. The number of carbonyl (C=O) groups excluding carboxylic acids is 1. The maximum absolute atomic E-state index is 12.5. The van der Waals surface area contributed by atoms with Crippen LogP contribution in [0.1, 0.15) is 33.1 Å². The van der Waals surface area contributed by atoms with E-state index in [1.54, 1.807) is 25.1 Å². The molecule has 0 saturated carbocycles. The van der Waals surface area contributed by atoms with E-state index in [1.165, 1.54) is 0 Å². The molecule has 1 heterocycles. The maximum atomic E-state index is 12.5. The van der Waals surface area contributed by atoms with Gasteiger partial charge in [0, 0.05) is 12.6 Å². The first-order valence-corrected chi connectivity index (χ1v) is 10.3. The summed E-state index contributed by atoms with van der Waals surface area (Å²) in [4.78, 5) is 12.2. The van der Waals surface area contributed by atoms with Crippen LogP contribution in [-0.2, 0) is 14.8 Å². The predicted octanol–water partition coefficient (Wildman–Crippen LogP) is 1.92. The summed E-state index contributed by atoms with van der Waals surface area (Å²) in [6, 6.07) is 4.90. The second-order valence-electron chi connectivity index (χ2n) is 5.79. The Morgan fingerprint density at radius 3 is 2.56 bits per heavy atom. The Morgan fingerprint density at radius 1 is 1.16 bits per heavy atom. The van der Waals surface area contributed by atoms with E-state index in [-0.39, 0.29) is 18.2 Å². The van der Waals surface area contributed by atoms with Gasteiger partial charge < -0.3 is 14.8 Å². The van der Waals surface area contributed by atoms with Gasteiger partial charge in [-0.15, -0.1) is 0 Å². The number of rotatable bonds is 9. The highest BCUT2D eigenvalue weighted by molar-refractivity contribution is 7.92. The molecule has 1 aliphatic heterocycles. The average molecular weight is 370 g/mol. The molecular weight excluding hydrogens is 344 g/mol. The van der Waals surface area contributed by atoms with E-state index >= 15 is 0 Å². The molecule has 8 heteroatoms. The zero-order valence-corrected chi connectivity index (χ0v) is 15.6. The molecule has 0 aromatic heterocycles. The lowest BCUT2D eigenvalue weighted by Gasteiger charge is -2.25. The number of sulfonamides is 1. The van der Waals surface area contributed by atoms with Gasteiger partial charge in [-0.2, -0.15) is 0 Å². The van der Waals surface area contributed by atoms with Gasteiger partial charge in [-0.3, -0.25) is 9.10 Å². The number of ether oxygens (including phenoxy) is 2. The first-order valence-electron chi connectivity index (χ1n) is 8.64. The van der Waals surface area contributed by atoms with Crippen molar-refractivity contribution in [2.24, 2.45) is 0 Å². The number of benzene rings is 1. The molecular formula is C17H26N2O5S. The summed E-state index contributed by atoms with van der Waals surface area (Å²) in [5.74, 6) is 0.657. The van der Waals surface area contributed by atoms with Gasteiger partial charge in [-0.25, -0.2) is 8.42 Å². The van der Waals surface area contributed by atoms with Crippen LogP contribution in [-0.4, -0.2) is 46.4 Å². The van der Waals surface area contributed by atoms with E-state index in [1.807, 2.05) is 0 Å². The molecule has 140 valence electrons. The number of fused-ring (bicyclic) bond motifs is 1. The van der Waals surface area contributed by atoms with Crippen LogP contribution in [0.5, 0.6) is 11.5 Å². The van der Waals surface area contributed by atoms with Crippen molar-refractivity contribution in [3.05, 3.63) is 18.2 Å². The van der Waals surface area contributed by atoms with Gasteiger partial charge in [0.25, 0.3) is 0 Å². The molecule has 1 N–H and O–H groups in total. The Balaban J connectivity index is 2.15. The van der Waals surface area contributed by atoms with Gasteiger partial charge in [0.05, 0.1) is 11.4 Å². The van der Waals surface area contributed by atoms with Crippen LogP contribution in [0.4, 0.5) is 5.69 Å². The summed E-state index contributed by atoms with van der Waals surface area (Å²) in [7, 11) is -3.59. The van der Waals surface area contributed by atoms with Crippen molar-refractivity contribution >= 4 is 21.6 Å². The lowest BCUT2D eigenvalue weighted by atomic mass is 10.2. The fourth-order valence-corrected chi connectivity index (χ4v) is 3.54. The zero-order chi connectivity index (χ0) is 18.3. The summed E-state index contributed by atoms with van der Waals surface area (Å²) >= 11 is 0. The normalized spacial score (nSPS) is 13.4. The van der Waals surface area contributed by atoms with Crippen molar-refractivity contribution in [3.63, 3.8) is 0 Å². The monoisotopic (exact) mass is 370 g/mol. The number of unbranched alkanes of at least 4 members (excludes halogenated alkanes) is 2. The van der Waals surface area contributed by atoms with Crippen LogP contribution in [0.2, 0.25) is 0 Å². The van der Waals surface area contributed by atoms with Crippen LogP contribution in [0, 0.1) is 0 Å². The van der Waals surface area contributed by atoms with Crippen molar-refractivity contribution in [3.8, 4) is 11.5 Å². The van der Waals surface area contributed by atoms with Crippen LogP contribution < -0.4 is 19.1 Å². The lowest BCUT2D eigenvalue weighted by molar-refractivity contribution is -0.119. The molecule has 0 atom stereocenters. The zero-order valence-electron chi connectivity index (χ0n) is 14.8. The van der Waals surface area contributed by atoms with Crippen molar-refractivity contribution < 1.29 is 22.7 Å². The maximum Gasteiger partial charge on any atom is 0.240 e. The number of anilines is 1. The van der Waals surface area contributed by atoms with Crippen LogP contribution in [0.15, 0.2) is 18.2 Å². The molecule has 0 aliphatic carbocycles. The third-order valence-corrected chi connectivity index (χ3v) is 5.65. The van der Waals surface area contributed by atoms with Crippen molar-refractivity contribution in [2.75, 3.05) is 36.4 Å². The Hall–Kier alpha value is -1.96. The first-order chi connectivity index (χ1) is 12.0. The van der Waals surface area contributed by atoms with E-state index in [2.05, 4.69) is 12.2 Å². The Morgan fingerprint density at radius 2 is 1.88 bits per heavy atom. The fraction of sp³-hybridized carbons (Fsp3) is 0.588. The minimum Gasteiger partial charge on any atom is -0.486 e. The highest BCUT2D eigenvalue weighted by Gasteiger charge is 2.25. The Kier molecular flexibility index (Phi) is 6.92. The van der Waals surface area contributed by atoms with Crippen LogP contribution >= 0.6 is 0 Å². The molecule has 0 saturated heterocycles. The molecule has 2 rings (SSSR count). The van der Waals surface area contributed by atoms with Gasteiger partial charge in [-0.05, 0) is 25.5 Å². The lowest BCUT2D eigenvalue weighted by Crippen LogP contribution is -2.41. The third-order valence-electron chi connectivity index (χ3n) is 3.90. The molecule has 1 amide bonds. The SMILES string of the molecule is CCCCCNC(=O)CN(c1ccc2c(c1)OCCO2)S(=O)(=O)CC. The quantitative estimate of drug-likeness (QED) is 0.671. The average Bonchev–Trinajstić information content (AvgIpc) is 2.62. The van der Waals surface area contributed by atoms with Crippen molar-refractivity contribution in [1.82, 2.24) is 5.32 Å². The van der Waals surface area contributed by atoms with Crippen molar-refractivity contribution in [2.45, 2.75) is 33.1 Å². The summed E-state index contributed by atoms with van der Waals surface area (Å²) in [5, 5.41) is 2.78. The van der Waals surface area contributed by atoms with E-state index in [0.29, 0.717) is 36.9 Å². The smallest absolute Gasteiger partial charge is 0.240 e. The number of nitrogens with one attached hydrogen (secondary N) is 1. The molecule has 0 bridgehead atoms. The summed E-state index contributed by atoms with van der Waals surface area (Å²) in [5.41, 5.74) is 0.398. The predicted molar refractivity (Wildman–Crippen MR) is 96.8 cm³/mol. The van der Waals surface area contributed by atoms with E-state index < -0.39 is 10.0 Å². The van der Waals surface area contributed by atoms with Crippen LogP contribution in [0.25, 0.3) is 0 Å². The minimum absolute atomic E-state index is 0.0927. The number of nitrogens with zero attached hydrogens (tertiary/aromatic N) is 1. The standard InChI is InChI=1S/C17H26N2O5S/c1-3-5-6-9-18-17(20)13-19(25(21,22)4-2)14-7-8-15-16(12-14)24-11-10-23-15/h7-8,12H,3-6,9-11,13H2,1-2H3,(H,18,20). The van der Waals surface area contributed by atoms with Gasteiger partial charge >= 0.3 is 0 Å². The number of amides is 1. The van der Waals surface area contributed by atoms with Gasteiger partial charge in [0.15, 0.2) is 11.5 Å². The van der Waals surface area contributed by atoms with Crippen molar-refractivity contribution in [1.29, 1.82) is 0 Å². The summed E-state index contributed by atoms with van der Waals surface area (Å²) < 4.78 is 37.0. The summed E-state index contributed by atoms with van der Waals surface area (Å²) in [6.07, 6.45) is 2.97. The molecule has 25 heavy (non-hydrogen) atoms. The van der Waals surface area contributed by atoms with Gasteiger partial charge in [0.1, 0.15) is 19.8 Å². The van der Waals surface area contributed by atoms with E-state index in [9.17, 15) is 13.2 Å². The molecule has 0 radical (unpaired) electrons. The fourth-order valence-electron chi connectivity index (χ4n) is 2.48. The summed E-state index contributed by atoms with van der Waals surface area (Å²) in [6.45, 7) is 4.81. The Bertz CT molecular complexity index is 690. The number of carbonyl (C=O) groups is 1. The molecule has 0 unspecified atom stereocenters. The second-order valence-corrected chi connectivity index (χ2v) is 7.97. The Labute approximate surface area is 149 Å². The van der Waals surface area contributed by atoms with Crippen LogP contribution in [0.3, 0.4) is 0 Å².